The number of hydrogen-bond acceptors (Lipinski definition) is 1. The summed E-state index contributed by atoms with van der Waals surface area (Å²) >= 11 is 3.48. The maximum Gasteiger partial charge on any atom is 0.260 e. The van der Waals surface area contributed by atoms with Gasteiger partial charge in [0.15, 0.2) is 0 Å². The molecule has 3 aromatic rings. The lowest BCUT2D eigenvalue weighted by molar-refractivity contribution is 0.0996. The lowest BCUT2D eigenvalue weighted by atomic mass is 10.1. The average Bonchev–Trinajstić information content (AvgIpc) is 3.01. The highest BCUT2D eigenvalue weighted by Crippen LogP contribution is 2.33. The van der Waals surface area contributed by atoms with Gasteiger partial charge in [-0.2, -0.15) is 0 Å². The van der Waals surface area contributed by atoms with Crippen LogP contribution in [0.1, 0.15) is 15.9 Å². The summed E-state index contributed by atoms with van der Waals surface area (Å²) in [6.45, 7) is 0.631. The molecule has 2 heterocycles. The van der Waals surface area contributed by atoms with Crippen LogP contribution in [-0.2, 0) is 13.6 Å². The maximum absolute atomic E-state index is 12.7. The van der Waals surface area contributed by atoms with E-state index in [1.807, 2.05) is 42.4 Å². The monoisotopic (exact) mass is 340 g/mol. The molecule has 2 aromatic carbocycles. The Balaban J connectivity index is 1.80. The molecule has 0 spiro atoms. The minimum atomic E-state index is 0.0627. The van der Waals surface area contributed by atoms with Crippen molar-refractivity contribution in [3.8, 4) is 0 Å². The normalized spacial score (nSPS) is 14.0. The molecule has 0 atom stereocenters. The van der Waals surface area contributed by atoms with Crippen molar-refractivity contribution in [1.29, 1.82) is 0 Å². The van der Waals surface area contributed by atoms with Crippen LogP contribution in [0.5, 0.6) is 0 Å². The van der Waals surface area contributed by atoms with Gasteiger partial charge in [-0.05, 0) is 51.8 Å². The fourth-order valence-electron chi connectivity index (χ4n) is 2.96. The number of aryl methyl sites for hydroxylation is 1. The summed E-state index contributed by atoms with van der Waals surface area (Å²) in [7, 11) is 2.02. The van der Waals surface area contributed by atoms with E-state index in [0.717, 1.165) is 26.7 Å². The zero-order valence-electron chi connectivity index (χ0n) is 11.5. The molecule has 1 aliphatic rings. The summed E-state index contributed by atoms with van der Waals surface area (Å²) in [5.41, 5.74) is 3.97. The topological polar surface area (TPSA) is 25.2 Å². The molecular formula is C17H13BrN2O. The van der Waals surface area contributed by atoms with E-state index in [2.05, 4.69) is 38.7 Å². The molecular weight excluding hydrogens is 328 g/mol. The molecule has 0 aliphatic carbocycles. The smallest absolute Gasteiger partial charge is 0.260 e. The molecule has 0 radical (unpaired) electrons. The molecule has 0 fully saturated rings. The number of carbonyl (C=O) groups excluding carboxylic acids is 1. The Bertz CT molecular complexity index is 882. The molecule has 0 N–H and O–H groups in total. The lowest BCUT2D eigenvalue weighted by Gasteiger charge is -2.16. The predicted octanol–water partition coefficient (Wildman–Crippen LogP) is 4.10. The molecule has 21 heavy (non-hydrogen) atoms. The Labute approximate surface area is 130 Å². The Kier molecular flexibility index (Phi) is 2.69. The molecule has 104 valence electrons. The second-order valence-electron chi connectivity index (χ2n) is 5.34. The molecule has 0 saturated heterocycles. The largest absolute Gasteiger partial charge is 0.351 e. The van der Waals surface area contributed by atoms with Gasteiger partial charge in [-0.25, -0.2) is 0 Å². The summed E-state index contributed by atoms with van der Waals surface area (Å²) in [6, 6.07) is 14.1. The Hall–Kier alpha value is -2.07. The van der Waals surface area contributed by atoms with E-state index in [-0.39, 0.29) is 5.91 Å². The van der Waals surface area contributed by atoms with E-state index in [1.165, 1.54) is 5.52 Å². The van der Waals surface area contributed by atoms with E-state index in [1.54, 1.807) is 0 Å². The highest BCUT2D eigenvalue weighted by molar-refractivity contribution is 9.10. The Morgan fingerprint density at radius 2 is 2.00 bits per heavy atom. The number of aromatic nitrogens is 1. The van der Waals surface area contributed by atoms with Crippen molar-refractivity contribution in [2.24, 2.45) is 7.05 Å². The lowest BCUT2D eigenvalue weighted by Crippen LogP contribution is -2.23. The zero-order chi connectivity index (χ0) is 14.6. The third-order valence-electron chi connectivity index (χ3n) is 4.07. The third kappa shape index (κ3) is 1.83. The van der Waals surface area contributed by atoms with Gasteiger partial charge in [0, 0.05) is 34.3 Å². The van der Waals surface area contributed by atoms with Crippen LogP contribution in [0.4, 0.5) is 5.69 Å². The van der Waals surface area contributed by atoms with Crippen LogP contribution in [0.15, 0.2) is 53.1 Å². The van der Waals surface area contributed by atoms with Gasteiger partial charge in [0.1, 0.15) is 0 Å². The van der Waals surface area contributed by atoms with Gasteiger partial charge in [0.25, 0.3) is 5.91 Å². The number of hydrogen-bond donors (Lipinski definition) is 0. The number of fused-ring (bicyclic) bond motifs is 2. The van der Waals surface area contributed by atoms with Gasteiger partial charge in [-0.1, -0.05) is 12.1 Å². The first-order chi connectivity index (χ1) is 10.1. The summed E-state index contributed by atoms with van der Waals surface area (Å²) in [4.78, 5) is 14.5. The van der Waals surface area contributed by atoms with Crippen LogP contribution in [0.3, 0.4) is 0 Å². The van der Waals surface area contributed by atoms with Crippen LogP contribution in [-0.4, -0.2) is 10.5 Å². The van der Waals surface area contributed by atoms with Gasteiger partial charge in [-0.3, -0.25) is 4.79 Å². The van der Waals surface area contributed by atoms with E-state index in [9.17, 15) is 4.79 Å². The molecule has 1 aliphatic heterocycles. The number of rotatable bonds is 1. The van der Waals surface area contributed by atoms with Crippen molar-refractivity contribution in [2.75, 3.05) is 4.90 Å². The Morgan fingerprint density at radius 3 is 2.81 bits per heavy atom. The van der Waals surface area contributed by atoms with Crippen molar-refractivity contribution in [3.63, 3.8) is 0 Å². The molecule has 4 rings (SSSR count). The van der Waals surface area contributed by atoms with Crippen molar-refractivity contribution in [2.45, 2.75) is 6.54 Å². The molecule has 3 nitrogen and oxygen atoms in total. The summed E-state index contributed by atoms with van der Waals surface area (Å²) in [5, 5.41) is 1.15. The minimum Gasteiger partial charge on any atom is -0.351 e. The van der Waals surface area contributed by atoms with Crippen molar-refractivity contribution < 1.29 is 4.79 Å². The number of nitrogens with zero attached hydrogens (tertiary/aromatic N) is 2. The predicted molar refractivity (Wildman–Crippen MR) is 87.6 cm³/mol. The summed E-state index contributed by atoms with van der Waals surface area (Å²) in [6.07, 6.45) is 2.03. The van der Waals surface area contributed by atoms with Gasteiger partial charge >= 0.3 is 0 Å². The van der Waals surface area contributed by atoms with Gasteiger partial charge < -0.3 is 9.47 Å². The van der Waals surface area contributed by atoms with Crippen LogP contribution < -0.4 is 4.90 Å². The van der Waals surface area contributed by atoms with Gasteiger partial charge in [0.2, 0.25) is 0 Å². The molecule has 0 saturated carbocycles. The molecule has 1 amide bonds. The highest BCUT2D eigenvalue weighted by Gasteiger charge is 2.30. The second kappa shape index (κ2) is 4.46. The quantitative estimate of drug-likeness (QED) is 0.654. The van der Waals surface area contributed by atoms with E-state index >= 15 is 0 Å². The van der Waals surface area contributed by atoms with Gasteiger partial charge in [-0.15, -0.1) is 0 Å². The van der Waals surface area contributed by atoms with E-state index in [0.29, 0.717) is 6.54 Å². The van der Waals surface area contributed by atoms with Crippen molar-refractivity contribution in [1.82, 2.24) is 4.57 Å². The standard InChI is InChI=1S/C17H13BrN2O/c1-19-8-7-11-9-13(5-6-15(11)19)20-10-12-3-2-4-14(18)16(12)17(20)21/h2-9H,10H2,1H3. The van der Waals surface area contributed by atoms with Crippen LogP contribution in [0, 0.1) is 0 Å². The third-order valence-corrected chi connectivity index (χ3v) is 4.73. The average molecular weight is 341 g/mol. The molecule has 0 unspecified atom stereocenters. The number of carbonyl (C=O) groups is 1. The summed E-state index contributed by atoms with van der Waals surface area (Å²) in [5.74, 6) is 0.0627. The first-order valence-corrected chi connectivity index (χ1v) is 7.59. The summed E-state index contributed by atoms with van der Waals surface area (Å²) < 4.78 is 2.95. The van der Waals surface area contributed by atoms with Crippen LogP contribution in [0.2, 0.25) is 0 Å². The van der Waals surface area contributed by atoms with Crippen molar-refractivity contribution in [3.05, 3.63) is 64.3 Å². The Morgan fingerprint density at radius 1 is 1.14 bits per heavy atom. The number of halogens is 1. The fourth-order valence-corrected chi connectivity index (χ4v) is 3.54. The second-order valence-corrected chi connectivity index (χ2v) is 6.19. The number of benzene rings is 2. The molecule has 1 aromatic heterocycles. The molecule has 4 heteroatoms. The van der Waals surface area contributed by atoms with E-state index < -0.39 is 0 Å². The van der Waals surface area contributed by atoms with Crippen molar-refractivity contribution >= 4 is 38.4 Å². The SMILES string of the molecule is Cn1ccc2cc(N3Cc4cccc(Br)c4C3=O)ccc21. The van der Waals surface area contributed by atoms with E-state index in [4.69, 9.17) is 0 Å². The first kappa shape index (κ1) is 12.7. The maximum atomic E-state index is 12.7. The van der Waals surface area contributed by atoms with Crippen LogP contribution >= 0.6 is 15.9 Å². The van der Waals surface area contributed by atoms with Gasteiger partial charge in [0.05, 0.1) is 12.1 Å². The first-order valence-electron chi connectivity index (χ1n) is 6.79. The fraction of sp³-hybridized carbons (Fsp3) is 0.118. The highest BCUT2D eigenvalue weighted by atomic mass is 79.9. The molecule has 0 bridgehead atoms. The minimum absolute atomic E-state index is 0.0627. The number of amides is 1. The number of anilines is 1. The zero-order valence-corrected chi connectivity index (χ0v) is 13.1. The van der Waals surface area contributed by atoms with Crippen LogP contribution in [0.25, 0.3) is 10.9 Å².